The highest BCUT2D eigenvalue weighted by Gasteiger charge is 2.33. The number of sulfone groups is 1. The van der Waals surface area contributed by atoms with Crippen LogP contribution in [-0.4, -0.2) is 44.2 Å². The molecule has 2 heterocycles. The Morgan fingerprint density at radius 2 is 1.69 bits per heavy atom. The van der Waals surface area contributed by atoms with Gasteiger partial charge < -0.3 is 19.4 Å². The third-order valence-electron chi connectivity index (χ3n) is 5.76. The number of carbonyl (C=O) groups excluding carboxylic acids is 1. The fraction of sp³-hybridized carbons (Fsp3) is 0.385. The van der Waals surface area contributed by atoms with Crippen molar-refractivity contribution >= 4 is 33.4 Å². The average Bonchev–Trinajstić information content (AvgIpc) is 3.25. The van der Waals surface area contributed by atoms with Crippen molar-refractivity contribution in [1.82, 2.24) is 10.3 Å². The summed E-state index contributed by atoms with van der Waals surface area (Å²) < 4.78 is 38.6. The van der Waals surface area contributed by atoms with E-state index in [1.165, 1.54) is 0 Å². The first-order valence-electron chi connectivity index (χ1n) is 11.8. The first-order chi connectivity index (χ1) is 16.9. The smallest absolute Gasteiger partial charge is 0.407 e. The maximum Gasteiger partial charge on any atom is 0.407 e. The number of aromatic nitrogens is 1. The van der Waals surface area contributed by atoms with Gasteiger partial charge in [-0.15, -0.1) is 0 Å². The number of benzene rings is 2. The van der Waals surface area contributed by atoms with Crippen molar-refractivity contribution in [3.8, 4) is 11.5 Å². The number of hydrogen-bond donors (Lipinski definition) is 1. The highest BCUT2D eigenvalue weighted by molar-refractivity contribution is 7.91. The van der Waals surface area contributed by atoms with Crippen molar-refractivity contribution in [2.45, 2.75) is 62.1 Å². The number of ether oxygens (including phenoxy) is 1. The highest BCUT2D eigenvalue weighted by Crippen LogP contribution is 2.36. The largest absolute Gasteiger partial charge is 0.444 e. The zero-order valence-corrected chi connectivity index (χ0v) is 22.3. The number of carbonyl (C=O) groups is 1. The van der Waals surface area contributed by atoms with Gasteiger partial charge in [0.1, 0.15) is 5.60 Å². The van der Waals surface area contributed by atoms with Gasteiger partial charge in [-0.25, -0.2) is 13.2 Å². The lowest BCUT2D eigenvalue weighted by molar-refractivity contribution is 0.0497. The van der Waals surface area contributed by atoms with E-state index in [4.69, 9.17) is 20.8 Å². The van der Waals surface area contributed by atoms with E-state index < -0.39 is 21.5 Å². The summed E-state index contributed by atoms with van der Waals surface area (Å²) in [6.45, 7) is 8.29. The maximum atomic E-state index is 13.6. The van der Waals surface area contributed by atoms with E-state index in [1.807, 2.05) is 32.6 Å². The van der Waals surface area contributed by atoms with Gasteiger partial charge in [0.2, 0.25) is 26.6 Å². The minimum Gasteiger partial charge on any atom is -0.444 e. The third kappa shape index (κ3) is 6.02. The lowest BCUT2D eigenvalue weighted by Gasteiger charge is -2.32. The van der Waals surface area contributed by atoms with Crippen molar-refractivity contribution in [3.05, 3.63) is 59.1 Å². The number of rotatable bonds is 5. The fourth-order valence-electron chi connectivity index (χ4n) is 3.92. The predicted octanol–water partition coefficient (Wildman–Crippen LogP) is 5.63. The molecule has 3 aromatic rings. The van der Waals surface area contributed by atoms with E-state index in [-0.39, 0.29) is 27.7 Å². The molecule has 10 heteroatoms. The number of nitrogens with zero attached hydrogens (tertiary/aromatic N) is 2. The minimum atomic E-state index is -3.95. The summed E-state index contributed by atoms with van der Waals surface area (Å²) in [5.41, 5.74) is 0.991. The molecule has 0 saturated carbocycles. The van der Waals surface area contributed by atoms with Crippen LogP contribution in [0.3, 0.4) is 0 Å². The third-order valence-corrected chi connectivity index (χ3v) is 7.68. The van der Waals surface area contributed by atoms with Gasteiger partial charge >= 0.3 is 6.09 Å². The van der Waals surface area contributed by atoms with E-state index in [1.54, 1.807) is 48.5 Å². The SMILES string of the molecule is Cc1ccc(S(=O)(=O)c2nc(-c3ccc(Cl)cc3)oc2N2CCC(NC(=O)OC(C)(C)C)CC2)cc1. The van der Waals surface area contributed by atoms with Crippen molar-refractivity contribution < 1.29 is 22.4 Å². The Morgan fingerprint density at radius 3 is 2.28 bits per heavy atom. The quantitative estimate of drug-likeness (QED) is 0.455. The summed E-state index contributed by atoms with van der Waals surface area (Å²) >= 11 is 6.01. The maximum absolute atomic E-state index is 13.6. The van der Waals surface area contributed by atoms with E-state index in [2.05, 4.69) is 10.3 Å². The summed E-state index contributed by atoms with van der Waals surface area (Å²) in [6, 6.07) is 13.4. The van der Waals surface area contributed by atoms with Gasteiger partial charge in [-0.05, 0) is 76.9 Å². The molecule has 0 spiro atoms. The van der Waals surface area contributed by atoms with E-state index >= 15 is 0 Å². The van der Waals surface area contributed by atoms with Crippen molar-refractivity contribution in [1.29, 1.82) is 0 Å². The number of anilines is 1. The molecule has 0 radical (unpaired) electrons. The van der Waals surface area contributed by atoms with Gasteiger partial charge in [0, 0.05) is 29.7 Å². The molecular formula is C26H30ClN3O5S. The van der Waals surface area contributed by atoms with Crippen LogP contribution in [-0.2, 0) is 14.6 Å². The number of oxazole rings is 1. The summed E-state index contributed by atoms with van der Waals surface area (Å²) in [4.78, 5) is 18.6. The second kappa shape index (κ2) is 10.1. The fourth-order valence-corrected chi connectivity index (χ4v) is 5.37. The molecule has 4 rings (SSSR count). The van der Waals surface area contributed by atoms with Gasteiger partial charge in [0.25, 0.3) is 0 Å². The van der Waals surface area contributed by atoms with Gasteiger partial charge in [0.05, 0.1) is 4.90 Å². The lowest BCUT2D eigenvalue weighted by Crippen LogP contribution is -2.46. The van der Waals surface area contributed by atoms with Crippen LogP contribution in [0, 0.1) is 6.92 Å². The Hall–Kier alpha value is -3.04. The van der Waals surface area contributed by atoms with Crippen LogP contribution in [0.25, 0.3) is 11.5 Å². The monoisotopic (exact) mass is 531 g/mol. The molecule has 192 valence electrons. The van der Waals surface area contributed by atoms with Gasteiger partial charge in [-0.1, -0.05) is 29.3 Å². The molecule has 2 aromatic carbocycles. The molecule has 36 heavy (non-hydrogen) atoms. The first kappa shape index (κ1) is 26.0. The average molecular weight is 532 g/mol. The summed E-state index contributed by atoms with van der Waals surface area (Å²) in [6.07, 6.45) is 0.730. The standard InChI is InChI=1S/C26H30ClN3O5S/c1-17-5-11-21(12-6-17)36(32,33)23-24(34-22(29-23)18-7-9-19(27)10-8-18)30-15-13-20(14-16-30)28-25(31)35-26(2,3)4/h5-12,20H,13-16H2,1-4H3,(H,28,31). The predicted molar refractivity (Wildman–Crippen MR) is 138 cm³/mol. The minimum absolute atomic E-state index is 0.0908. The molecule has 0 atom stereocenters. The molecule has 0 bridgehead atoms. The number of piperidine rings is 1. The molecular weight excluding hydrogens is 502 g/mol. The Kier molecular flexibility index (Phi) is 7.33. The molecule has 1 aliphatic rings. The Labute approximate surface area is 216 Å². The molecule has 1 N–H and O–H groups in total. The van der Waals surface area contributed by atoms with Crippen molar-refractivity contribution in [2.75, 3.05) is 18.0 Å². The first-order valence-corrected chi connectivity index (χ1v) is 13.6. The summed E-state index contributed by atoms with van der Waals surface area (Å²) in [5, 5.41) is 3.32. The van der Waals surface area contributed by atoms with Crippen LogP contribution < -0.4 is 10.2 Å². The molecule has 1 aromatic heterocycles. The van der Waals surface area contributed by atoms with Crippen LogP contribution in [0.4, 0.5) is 10.7 Å². The topological polar surface area (TPSA) is 102 Å². The Bertz CT molecular complexity index is 1320. The Balaban J connectivity index is 1.62. The summed E-state index contributed by atoms with van der Waals surface area (Å²) in [5.74, 6) is 0.387. The van der Waals surface area contributed by atoms with Crippen LogP contribution in [0.1, 0.15) is 39.2 Å². The molecule has 8 nitrogen and oxygen atoms in total. The van der Waals surface area contributed by atoms with Crippen molar-refractivity contribution in [3.63, 3.8) is 0 Å². The summed E-state index contributed by atoms with van der Waals surface area (Å²) in [7, 11) is -3.95. The zero-order valence-electron chi connectivity index (χ0n) is 20.7. The van der Waals surface area contributed by atoms with E-state index in [0.29, 0.717) is 36.5 Å². The molecule has 1 saturated heterocycles. The number of alkyl carbamates (subject to hydrolysis) is 1. The van der Waals surface area contributed by atoms with Crippen molar-refractivity contribution in [2.24, 2.45) is 0 Å². The number of aryl methyl sites for hydroxylation is 1. The number of hydrogen-bond acceptors (Lipinski definition) is 7. The molecule has 0 aliphatic carbocycles. The van der Waals surface area contributed by atoms with E-state index in [0.717, 1.165) is 5.56 Å². The number of amides is 1. The molecule has 0 unspecified atom stereocenters. The molecule has 1 aliphatic heterocycles. The second-order valence-corrected chi connectivity index (χ2v) is 12.2. The van der Waals surface area contributed by atoms with Crippen LogP contribution in [0.5, 0.6) is 0 Å². The highest BCUT2D eigenvalue weighted by atomic mass is 35.5. The van der Waals surface area contributed by atoms with Gasteiger partial charge in [0.15, 0.2) is 0 Å². The molecule has 1 fully saturated rings. The number of nitrogens with one attached hydrogen (secondary N) is 1. The second-order valence-electron chi connectivity index (χ2n) is 9.86. The number of halogens is 1. The molecule has 1 amide bonds. The van der Waals surface area contributed by atoms with Crippen LogP contribution in [0.15, 0.2) is 62.9 Å². The van der Waals surface area contributed by atoms with Crippen LogP contribution >= 0.6 is 11.6 Å². The lowest BCUT2D eigenvalue weighted by atomic mass is 10.1. The Morgan fingerprint density at radius 1 is 1.08 bits per heavy atom. The zero-order chi connectivity index (χ0) is 26.1. The van der Waals surface area contributed by atoms with E-state index in [9.17, 15) is 13.2 Å². The normalized spacial score (nSPS) is 15.1. The van der Waals surface area contributed by atoms with Crippen LogP contribution in [0.2, 0.25) is 5.02 Å². The van der Waals surface area contributed by atoms with Gasteiger partial charge in [-0.3, -0.25) is 0 Å². The van der Waals surface area contributed by atoms with Gasteiger partial charge in [-0.2, -0.15) is 4.98 Å².